The van der Waals surface area contributed by atoms with Gasteiger partial charge >= 0.3 is 0 Å². The van der Waals surface area contributed by atoms with Crippen LogP contribution in [0.3, 0.4) is 0 Å². The highest BCUT2D eigenvalue weighted by Gasteiger charge is 2.18. The quantitative estimate of drug-likeness (QED) is 0.843. The molecule has 2 rings (SSSR count). The van der Waals surface area contributed by atoms with Crippen molar-refractivity contribution in [2.24, 2.45) is 0 Å². The zero-order valence-electron chi connectivity index (χ0n) is 10.3. The van der Waals surface area contributed by atoms with Crippen LogP contribution in [0.15, 0.2) is 18.2 Å². The molecule has 0 aromatic heterocycles. The van der Waals surface area contributed by atoms with Crippen molar-refractivity contribution in [2.75, 3.05) is 13.7 Å². The standard InChI is InChI=1S/C14H21NO/c1-3-11-12(7-6-9-14(11)16-2)13-8-4-5-10-15-13/h6-7,9,13,15H,3-5,8,10H2,1-2H3. The summed E-state index contributed by atoms with van der Waals surface area (Å²) < 4.78 is 5.44. The average Bonchev–Trinajstić information content (AvgIpc) is 2.38. The van der Waals surface area contributed by atoms with Crippen molar-refractivity contribution in [2.45, 2.75) is 38.6 Å². The second-order valence-corrected chi connectivity index (χ2v) is 4.38. The van der Waals surface area contributed by atoms with Crippen molar-refractivity contribution in [1.29, 1.82) is 0 Å². The topological polar surface area (TPSA) is 21.3 Å². The summed E-state index contributed by atoms with van der Waals surface area (Å²) in [6.45, 7) is 3.34. The van der Waals surface area contributed by atoms with Gasteiger partial charge in [-0.2, -0.15) is 0 Å². The normalized spacial score (nSPS) is 20.8. The monoisotopic (exact) mass is 219 g/mol. The first-order valence-corrected chi connectivity index (χ1v) is 6.26. The molecule has 0 bridgehead atoms. The lowest BCUT2D eigenvalue weighted by Gasteiger charge is -2.26. The summed E-state index contributed by atoms with van der Waals surface area (Å²) in [5.74, 6) is 1.03. The molecule has 1 atom stereocenters. The van der Waals surface area contributed by atoms with E-state index in [0.717, 1.165) is 18.7 Å². The highest BCUT2D eigenvalue weighted by Crippen LogP contribution is 2.31. The Morgan fingerprint density at radius 2 is 2.25 bits per heavy atom. The highest BCUT2D eigenvalue weighted by atomic mass is 16.5. The van der Waals surface area contributed by atoms with Gasteiger partial charge in [0.05, 0.1) is 7.11 Å². The molecule has 16 heavy (non-hydrogen) atoms. The number of hydrogen-bond donors (Lipinski definition) is 1. The Kier molecular flexibility index (Phi) is 3.83. The molecule has 1 heterocycles. The zero-order chi connectivity index (χ0) is 11.4. The lowest BCUT2D eigenvalue weighted by atomic mass is 9.92. The van der Waals surface area contributed by atoms with E-state index >= 15 is 0 Å². The van der Waals surface area contributed by atoms with Crippen molar-refractivity contribution in [3.63, 3.8) is 0 Å². The van der Waals surface area contributed by atoms with E-state index in [-0.39, 0.29) is 0 Å². The Morgan fingerprint density at radius 1 is 1.38 bits per heavy atom. The molecule has 0 saturated carbocycles. The molecule has 1 aromatic carbocycles. The Bertz CT molecular complexity index is 343. The van der Waals surface area contributed by atoms with Crippen LogP contribution in [0.4, 0.5) is 0 Å². The van der Waals surface area contributed by atoms with Gasteiger partial charge in [-0.25, -0.2) is 0 Å². The highest BCUT2D eigenvalue weighted by molar-refractivity contribution is 5.42. The lowest BCUT2D eigenvalue weighted by Crippen LogP contribution is -2.27. The van der Waals surface area contributed by atoms with E-state index in [1.54, 1.807) is 7.11 Å². The predicted octanol–water partition coefficient (Wildman–Crippen LogP) is 3.07. The van der Waals surface area contributed by atoms with Gasteiger partial charge in [-0.15, -0.1) is 0 Å². The summed E-state index contributed by atoms with van der Waals surface area (Å²) in [4.78, 5) is 0. The third kappa shape index (κ3) is 2.22. The Labute approximate surface area is 98.0 Å². The minimum atomic E-state index is 0.527. The number of hydrogen-bond acceptors (Lipinski definition) is 2. The van der Waals surface area contributed by atoms with E-state index in [1.165, 1.54) is 30.4 Å². The zero-order valence-corrected chi connectivity index (χ0v) is 10.3. The number of ether oxygens (including phenoxy) is 1. The molecule has 1 aromatic rings. The van der Waals surface area contributed by atoms with Crippen molar-refractivity contribution >= 4 is 0 Å². The largest absolute Gasteiger partial charge is 0.496 e. The van der Waals surface area contributed by atoms with Crippen molar-refractivity contribution in [1.82, 2.24) is 5.32 Å². The maximum Gasteiger partial charge on any atom is 0.122 e. The first-order valence-electron chi connectivity index (χ1n) is 6.26. The van der Waals surface area contributed by atoms with E-state index in [2.05, 4.69) is 30.4 Å². The molecular weight excluding hydrogens is 198 g/mol. The molecule has 0 radical (unpaired) electrons. The maximum atomic E-state index is 5.44. The fourth-order valence-corrected chi connectivity index (χ4v) is 2.60. The summed E-state index contributed by atoms with van der Waals surface area (Å²) in [7, 11) is 1.76. The van der Waals surface area contributed by atoms with Gasteiger partial charge in [0, 0.05) is 6.04 Å². The van der Waals surface area contributed by atoms with Crippen molar-refractivity contribution in [3.8, 4) is 5.75 Å². The predicted molar refractivity (Wildman–Crippen MR) is 67.0 cm³/mol. The van der Waals surface area contributed by atoms with Crippen LogP contribution in [0.25, 0.3) is 0 Å². The van der Waals surface area contributed by atoms with E-state index in [1.807, 2.05) is 0 Å². The molecule has 1 fully saturated rings. The minimum absolute atomic E-state index is 0.527. The van der Waals surface area contributed by atoms with Crippen LogP contribution in [0.2, 0.25) is 0 Å². The van der Waals surface area contributed by atoms with Gasteiger partial charge in [0.1, 0.15) is 5.75 Å². The van der Waals surface area contributed by atoms with E-state index in [4.69, 9.17) is 4.74 Å². The molecular formula is C14H21NO. The number of methoxy groups -OCH3 is 1. The molecule has 88 valence electrons. The van der Waals surface area contributed by atoms with Crippen LogP contribution in [0, 0.1) is 0 Å². The minimum Gasteiger partial charge on any atom is -0.496 e. The van der Waals surface area contributed by atoms with Crippen LogP contribution >= 0.6 is 0 Å². The number of rotatable bonds is 3. The van der Waals surface area contributed by atoms with Crippen LogP contribution in [-0.2, 0) is 6.42 Å². The average molecular weight is 219 g/mol. The first-order chi connectivity index (χ1) is 7.86. The van der Waals surface area contributed by atoms with Crippen LogP contribution in [-0.4, -0.2) is 13.7 Å². The second kappa shape index (κ2) is 5.35. The number of benzene rings is 1. The molecule has 2 heteroatoms. The molecule has 1 N–H and O–H groups in total. The van der Waals surface area contributed by atoms with Crippen molar-refractivity contribution in [3.05, 3.63) is 29.3 Å². The van der Waals surface area contributed by atoms with Gasteiger partial charge in [-0.05, 0) is 43.0 Å². The van der Waals surface area contributed by atoms with Gasteiger partial charge in [0.15, 0.2) is 0 Å². The van der Waals surface area contributed by atoms with E-state index in [9.17, 15) is 0 Å². The Balaban J connectivity index is 2.30. The summed E-state index contributed by atoms with van der Waals surface area (Å²) in [5, 5.41) is 3.61. The van der Waals surface area contributed by atoms with Gasteiger partial charge < -0.3 is 10.1 Å². The SMILES string of the molecule is CCc1c(OC)cccc1C1CCCCN1. The fraction of sp³-hybridized carbons (Fsp3) is 0.571. The molecule has 2 nitrogen and oxygen atoms in total. The smallest absolute Gasteiger partial charge is 0.122 e. The van der Waals surface area contributed by atoms with E-state index < -0.39 is 0 Å². The molecule has 1 aliphatic rings. The van der Waals surface area contributed by atoms with Crippen molar-refractivity contribution < 1.29 is 4.74 Å². The van der Waals surface area contributed by atoms with Gasteiger partial charge in [0.25, 0.3) is 0 Å². The Morgan fingerprint density at radius 3 is 2.88 bits per heavy atom. The van der Waals surface area contributed by atoms with Crippen LogP contribution in [0.1, 0.15) is 43.4 Å². The third-order valence-corrected chi connectivity index (χ3v) is 3.43. The molecule has 0 amide bonds. The first kappa shape index (κ1) is 11.5. The molecule has 0 aliphatic carbocycles. The van der Waals surface area contributed by atoms with Gasteiger partial charge in [-0.1, -0.05) is 25.5 Å². The van der Waals surface area contributed by atoms with Crippen LogP contribution < -0.4 is 10.1 Å². The summed E-state index contributed by atoms with van der Waals surface area (Å²) in [6, 6.07) is 6.93. The molecule has 0 spiro atoms. The second-order valence-electron chi connectivity index (χ2n) is 4.38. The number of piperidine rings is 1. The van der Waals surface area contributed by atoms with Gasteiger partial charge in [-0.3, -0.25) is 0 Å². The Hall–Kier alpha value is -1.02. The third-order valence-electron chi connectivity index (χ3n) is 3.43. The van der Waals surface area contributed by atoms with Gasteiger partial charge in [0.2, 0.25) is 0 Å². The lowest BCUT2D eigenvalue weighted by molar-refractivity contribution is 0.394. The molecule has 1 saturated heterocycles. The molecule has 1 aliphatic heterocycles. The number of nitrogens with one attached hydrogen (secondary N) is 1. The summed E-state index contributed by atoms with van der Waals surface area (Å²) in [6.07, 6.45) is 4.93. The maximum absolute atomic E-state index is 5.44. The van der Waals surface area contributed by atoms with Crippen LogP contribution in [0.5, 0.6) is 5.75 Å². The summed E-state index contributed by atoms with van der Waals surface area (Å²) >= 11 is 0. The molecule has 1 unspecified atom stereocenters. The summed E-state index contributed by atoms with van der Waals surface area (Å²) in [5.41, 5.74) is 2.80. The van der Waals surface area contributed by atoms with E-state index in [0.29, 0.717) is 6.04 Å². The fourth-order valence-electron chi connectivity index (χ4n) is 2.60.